The van der Waals surface area contributed by atoms with Crippen molar-refractivity contribution in [2.45, 2.75) is 31.9 Å². The van der Waals surface area contributed by atoms with Crippen LogP contribution in [0.25, 0.3) is 0 Å². The number of rotatable bonds is 3. The molecule has 2 rings (SSSR count). The lowest BCUT2D eigenvalue weighted by molar-refractivity contribution is 0.0447. The van der Waals surface area contributed by atoms with E-state index in [0.29, 0.717) is 13.1 Å². The first kappa shape index (κ1) is 11.5. The Labute approximate surface area is 94.9 Å². The highest BCUT2D eigenvalue weighted by Crippen LogP contribution is 2.25. The molecule has 1 aromatic rings. The second kappa shape index (κ2) is 4.47. The van der Waals surface area contributed by atoms with Gasteiger partial charge in [-0.15, -0.1) is 0 Å². The van der Waals surface area contributed by atoms with E-state index in [2.05, 4.69) is 9.88 Å². The summed E-state index contributed by atoms with van der Waals surface area (Å²) in [4.78, 5) is 5.96. The van der Waals surface area contributed by atoms with Crippen molar-refractivity contribution in [3.05, 3.63) is 29.8 Å². The summed E-state index contributed by atoms with van der Waals surface area (Å²) in [6.45, 7) is 4.18. The van der Waals surface area contributed by atoms with Gasteiger partial charge in [0.2, 0.25) is 0 Å². The Morgan fingerprint density at radius 1 is 1.56 bits per heavy atom. The summed E-state index contributed by atoms with van der Waals surface area (Å²) >= 11 is 0. The van der Waals surface area contributed by atoms with Gasteiger partial charge in [-0.2, -0.15) is 0 Å². The summed E-state index contributed by atoms with van der Waals surface area (Å²) in [6, 6.07) is 1.50. The van der Waals surface area contributed by atoms with Crippen molar-refractivity contribution in [2.75, 3.05) is 13.1 Å². The minimum Gasteiger partial charge on any atom is -0.389 e. The molecule has 0 aliphatic carbocycles. The van der Waals surface area contributed by atoms with Crippen LogP contribution in [0.4, 0.5) is 4.39 Å². The van der Waals surface area contributed by atoms with E-state index in [4.69, 9.17) is 0 Å². The fraction of sp³-hybridized carbons (Fsp3) is 0.583. The molecule has 3 nitrogen and oxygen atoms in total. The molecule has 1 saturated heterocycles. The van der Waals surface area contributed by atoms with Crippen LogP contribution in [0.1, 0.15) is 25.3 Å². The summed E-state index contributed by atoms with van der Waals surface area (Å²) in [5, 5.41) is 10.1. The van der Waals surface area contributed by atoms with Gasteiger partial charge < -0.3 is 5.11 Å². The normalized spacial score (nSPS) is 26.2. The first-order valence-electron chi connectivity index (χ1n) is 5.65. The number of β-amino-alcohol motifs (C(OH)–C–C–N with tert-alkyl or cyclic N) is 1. The molecule has 1 aliphatic rings. The topological polar surface area (TPSA) is 36.4 Å². The van der Waals surface area contributed by atoms with Crippen LogP contribution < -0.4 is 0 Å². The van der Waals surface area contributed by atoms with Crippen LogP contribution in [0.15, 0.2) is 18.5 Å². The van der Waals surface area contributed by atoms with Crippen molar-refractivity contribution < 1.29 is 9.50 Å². The summed E-state index contributed by atoms with van der Waals surface area (Å²) in [5.74, 6) is -0.303. The first-order chi connectivity index (χ1) is 7.61. The highest BCUT2D eigenvalue weighted by atomic mass is 19.1. The Balaban J connectivity index is 1.97. The number of aliphatic hydroxyl groups is 1. The monoisotopic (exact) mass is 224 g/mol. The van der Waals surface area contributed by atoms with E-state index in [1.807, 2.05) is 6.92 Å². The van der Waals surface area contributed by atoms with E-state index in [1.165, 1.54) is 12.3 Å². The zero-order chi connectivity index (χ0) is 11.6. The molecule has 16 heavy (non-hydrogen) atoms. The molecule has 0 bridgehead atoms. The Kier molecular flexibility index (Phi) is 3.21. The van der Waals surface area contributed by atoms with Crippen LogP contribution in [0.3, 0.4) is 0 Å². The van der Waals surface area contributed by atoms with Crippen molar-refractivity contribution in [1.29, 1.82) is 0 Å². The summed E-state index contributed by atoms with van der Waals surface area (Å²) in [6.07, 6.45) is 4.44. The molecule has 88 valence electrons. The van der Waals surface area contributed by atoms with Gasteiger partial charge in [0.15, 0.2) is 0 Å². The highest BCUT2D eigenvalue weighted by Gasteiger charge is 2.33. The minimum atomic E-state index is -0.555. The summed E-state index contributed by atoms with van der Waals surface area (Å²) in [7, 11) is 0. The van der Waals surface area contributed by atoms with Gasteiger partial charge in [-0.05, 0) is 24.5 Å². The van der Waals surface area contributed by atoms with Crippen LogP contribution >= 0.6 is 0 Å². The zero-order valence-electron chi connectivity index (χ0n) is 9.49. The molecule has 1 N–H and O–H groups in total. The fourth-order valence-electron chi connectivity index (χ4n) is 2.16. The summed E-state index contributed by atoms with van der Waals surface area (Å²) in [5.41, 5.74) is 0.307. The number of hydrogen-bond acceptors (Lipinski definition) is 3. The summed E-state index contributed by atoms with van der Waals surface area (Å²) < 4.78 is 12.9. The van der Waals surface area contributed by atoms with Crippen LogP contribution in [0, 0.1) is 5.82 Å². The van der Waals surface area contributed by atoms with Gasteiger partial charge in [0.1, 0.15) is 5.82 Å². The predicted molar refractivity (Wildman–Crippen MR) is 59.3 cm³/mol. The lowest BCUT2D eigenvalue weighted by atomic mass is 10.0. The van der Waals surface area contributed by atoms with Gasteiger partial charge >= 0.3 is 0 Å². The molecule has 1 atom stereocenters. The number of hydrogen-bond donors (Lipinski definition) is 1. The molecule has 1 aliphatic heterocycles. The van der Waals surface area contributed by atoms with Gasteiger partial charge in [0.25, 0.3) is 0 Å². The highest BCUT2D eigenvalue weighted by molar-refractivity contribution is 5.10. The van der Waals surface area contributed by atoms with E-state index in [-0.39, 0.29) is 5.82 Å². The van der Waals surface area contributed by atoms with Crippen molar-refractivity contribution in [2.24, 2.45) is 0 Å². The number of pyridine rings is 1. The van der Waals surface area contributed by atoms with Gasteiger partial charge in [-0.3, -0.25) is 9.88 Å². The Hall–Kier alpha value is -1.00. The first-order valence-corrected chi connectivity index (χ1v) is 5.65. The maximum Gasteiger partial charge on any atom is 0.141 e. The van der Waals surface area contributed by atoms with E-state index in [9.17, 15) is 9.50 Å². The van der Waals surface area contributed by atoms with Crippen LogP contribution in [-0.4, -0.2) is 33.7 Å². The van der Waals surface area contributed by atoms with Crippen LogP contribution in [-0.2, 0) is 6.54 Å². The van der Waals surface area contributed by atoms with E-state index in [1.54, 1.807) is 6.20 Å². The van der Waals surface area contributed by atoms with Crippen molar-refractivity contribution in [3.8, 4) is 0 Å². The lowest BCUT2D eigenvalue weighted by Gasteiger charge is -2.21. The third-order valence-electron chi connectivity index (χ3n) is 3.24. The average molecular weight is 224 g/mol. The lowest BCUT2D eigenvalue weighted by Crippen LogP contribution is -2.32. The third kappa shape index (κ3) is 2.57. The number of aromatic nitrogens is 1. The predicted octanol–water partition coefficient (Wildman–Crippen LogP) is 1.57. The Morgan fingerprint density at radius 3 is 3.00 bits per heavy atom. The number of halogens is 1. The van der Waals surface area contributed by atoms with Crippen molar-refractivity contribution >= 4 is 0 Å². The van der Waals surface area contributed by atoms with E-state index in [0.717, 1.165) is 24.9 Å². The fourth-order valence-corrected chi connectivity index (χ4v) is 2.16. The molecule has 4 heteroatoms. The largest absolute Gasteiger partial charge is 0.389 e. The smallest absolute Gasteiger partial charge is 0.141 e. The van der Waals surface area contributed by atoms with Crippen LogP contribution in [0.2, 0.25) is 0 Å². The molecular formula is C12H17FN2O. The second-order valence-corrected chi connectivity index (χ2v) is 4.55. The molecule has 0 aromatic carbocycles. The molecule has 0 amide bonds. The Bertz CT molecular complexity index is 372. The van der Waals surface area contributed by atoms with E-state index < -0.39 is 5.60 Å². The second-order valence-electron chi connectivity index (χ2n) is 4.55. The molecule has 2 heterocycles. The third-order valence-corrected chi connectivity index (χ3v) is 3.24. The molecule has 0 spiro atoms. The van der Waals surface area contributed by atoms with Crippen molar-refractivity contribution in [1.82, 2.24) is 9.88 Å². The van der Waals surface area contributed by atoms with Gasteiger partial charge in [-0.1, -0.05) is 6.92 Å². The molecule has 1 fully saturated rings. The molecule has 1 aromatic heterocycles. The molecule has 0 radical (unpaired) electrons. The average Bonchev–Trinajstić information content (AvgIpc) is 2.61. The van der Waals surface area contributed by atoms with Gasteiger partial charge in [-0.25, -0.2) is 4.39 Å². The number of nitrogens with zero attached hydrogens (tertiary/aromatic N) is 2. The van der Waals surface area contributed by atoms with Crippen molar-refractivity contribution in [3.63, 3.8) is 0 Å². The number of likely N-dealkylation sites (tertiary alicyclic amines) is 1. The maximum absolute atomic E-state index is 12.9. The standard InChI is InChI=1S/C12H17FN2O/c1-2-12(16)3-4-15(9-12)8-10-5-11(13)7-14-6-10/h5-7,16H,2-4,8-9H2,1H3. The minimum absolute atomic E-state index is 0.303. The molecule has 1 unspecified atom stereocenters. The Morgan fingerprint density at radius 2 is 2.38 bits per heavy atom. The molecule has 0 saturated carbocycles. The van der Waals surface area contributed by atoms with E-state index >= 15 is 0 Å². The SMILES string of the molecule is CCC1(O)CCN(Cc2cncc(F)c2)C1. The quantitative estimate of drug-likeness (QED) is 0.846. The molecular weight excluding hydrogens is 207 g/mol. The van der Waals surface area contributed by atoms with Crippen LogP contribution in [0.5, 0.6) is 0 Å². The maximum atomic E-state index is 12.9. The van der Waals surface area contributed by atoms with Gasteiger partial charge in [0, 0.05) is 25.8 Å². The van der Waals surface area contributed by atoms with Gasteiger partial charge in [0.05, 0.1) is 11.8 Å². The zero-order valence-corrected chi connectivity index (χ0v) is 9.49.